The number of aliphatic hydroxyl groups is 1. The monoisotopic (exact) mass is 348 g/mol. The molecule has 0 heterocycles. The molecule has 3 atom stereocenters. The van der Waals surface area contributed by atoms with Crippen LogP contribution in [-0.2, 0) is 10.3 Å². The molecule has 0 aliphatic carbocycles. The van der Waals surface area contributed by atoms with E-state index in [-0.39, 0.29) is 24.4 Å². The van der Waals surface area contributed by atoms with Crippen LogP contribution >= 0.6 is 12.4 Å². The van der Waals surface area contributed by atoms with Gasteiger partial charge >= 0.3 is 0 Å². The number of amides is 1. The molecule has 2 aromatic carbocycles. The zero-order valence-electron chi connectivity index (χ0n) is 14.0. The molecule has 0 saturated heterocycles. The third kappa shape index (κ3) is 5.06. The number of benzene rings is 2. The van der Waals surface area contributed by atoms with E-state index < -0.39 is 11.6 Å². The molecule has 2 rings (SSSR count). The largest absolute Gasteiger partial charge is 0.388 e. The highest BCUT2D eigenvalue weighted by atomic mass is 35.5. The van der Waals surface area contributed by atoms with Gasteiger partial charge in [-0.1, -0.05) is 60.7 Å². The van der Waals surface area contributed by atoms with Gasteiger partial charge in [-0.3, -0.25) is 4.79 Å². The first kappa shape index (κ1) is 20.2. The van der Waals surface area contributed by atoms with Gasteiger partial charge < -0.3 is 16.2 Å². The van der Waals surface area contributed by atoms with E-state index in [2.05, 4.69) is 5.32 Å². The number of aliphatic hydroxyl groups excluding tert-OH is 1. The fourth-order valence-corrected chi connectivity index (χ4v) is 2.49. The Hall–Kier alpha value is -1.88. The molecule has 0 spiro atoms. The van der Waals surface area contributed by atoms with Crippen LogP contribution in [-0.4, -0.2) is 17.1 Å². The van der Waals surface area contributed by atoms with Gasteiger partial charge in [0.25, 0.3) is 0 Å². The van der Waals surface area contributed by atoms with Crippen molar-refractivity contribution in [3.63, 3.8) is 0 Å². The smallest absolute Gasteiger partial charge is 0.244 e. The van der Waals surface area contributed by atoms with E-state index in [1.54, 1.807) is 6.92 Å². The van der Waals surface area contributed by atoms with Gasteiger partial charge in [-0.15, -0.1) is 12.4 Å². The molecule has 24 heavy (non-hydrogen) atoms. The van der Waals surface area contributed by atoms with Crippen LogP contribution in [0, 0.1) is 0 Å². The molecule has 130 valence electrons. The molecule has 4 nitrogen and oxygen atoms in total. The fourth-order valence-electron chi connectivity index (χ4n) is 2.49. The minimum atomic E-state index is -1.10. The molecule has 0 saturated carbocycles. The second kappa shape index (κ2) is 8.83. The number of nitrogens with two attached hydrogens (primary N) is 1. The van der Waals surface area contributed by atoms with E-state index in [1.165, 1.54) is 0 Å². The van der Waals surface area contributed by atoms with Crippen LogP contribution in [0.1, 0.15) is 37.5 Å². The maximum absolute atomic E-state index is 12.5. The Labute approximate surface area is 149 Å². The molecular weight excluding hydrogens is 324 g/mol. The van der Waals surface area contributed by atoms with Crippen molar-refractivity contribution in [1.82, 2.24) is 5.32 Å². The summed E-state index contributed by atoms with van der Waals surface area (Å²) < 4.78 is 0. The molecule has 3 unspecified atom stereocenters. The molecule has 0 radical (unpaired) electrons. The minimum Gasteiger partial charge on any atom is -0.388 e. The zero-order valence-corrected chi connectivity index (χ0v) is 14.8. The standard InChI is InChI=1S/C19H24N2O2.ClH/c1-14(13-17(22)15-9-5-3-6-10-15)21-18(23)19(2,20)16-11-7-4-8-12-16;/h3-12,14,17,22H,13,20H2,1-2H3,(H,21,23);1H. The van der Waals surface area contributed by atoms with Gasteiger partial charge in [0, 0.05) is 6.04 Å². The summed E-state index contributed by atoms with van der Waals surface area (Å²) in [5, 5.41) is 13.1. The summed E-state index contributed by atoms with van der Waals surface area (Å²) in [6.07, 6.45) is -0.187. The summed E-state index contributed by atoms with van der Waals surface area (Å²) in [6.45, 7) is 3.56. The minimum absolute atomic E-state index is 0. The highest BCUT2D eigenvalue weighted by Crippen LogP contribution is 2.20. The topological polar surface area (TPSA) is 75.3 Å². The lowest BCUT2D eigenvalue weighted by Gasteiger charge is -2.27. The summed E-state index contributed by atoms with van der Waals surface area (Å²) in [4.78, 5) is 12.5. The Morgan fingerprint density at radius 2 is 1.62 bits per heavy atom. The Balaban J connectivity index is 0.00000288. The van der Waals surface area contributed by atoms with Crippen molar-refractivity contribution in [2.24, 2.45) is 5.73 Å². The molecule has 1 amide bonds. The van der Waals surface area contributed by atoms with Gasteiger partial charge in [0.15, 0.2) is 0 Å². The maximum Gasteiger partial charge on any atom is 0.244 e. The number of rotatable bonds is 6. The van der Waals surface area contributed by atoms with E-state index in [0.29, 0.717) is 6.42 Å². The lowest BCUT2D eigenvalue weighted by Crippen LogP contribution is -2.51. The van der Waals surface area contributed by atoms with Gasteiger partial charge in [-0.05, 0) is 31.4 Å². The Morgan fingerprint density at radius 3 is 2.17 bits per heavy atom. The van der Waals surface area contributed by atoms with Crippen LogP contribution in [0.15, 0.2) is 60.7 Å². The predicted molar refractivity (Wildman–Crippen MR) is 98.9 cm³/mol. The quantitative estimate of drug-likeness (QED) is 0.751. The normalized spacial score (nSPS) is 15.5. The Bertz CT molecular complexity index is 632. The summed E-state index contributed by atoms with van der Waals surface area (Å²) in [6, 6.07) is 18.5. The lowest BCUT2D eigenvalue weighted by molar-refractivity contribution is -0.126. The molecule has 0 aromatic heterocycles. The first-order valence-electron chi connectivity index (χ1n) is 7.79. The van der Waals surface area contributed by atoms with Gasteiger partial charge in [-0.25, -0.2) is 0 Å². The third-order valence-electron chi connectivity index (χ3n) is 3.98. The average Bonchev–Trinajstić information content (AvgIpc) is 2.56. The number of carbonyl (C=O) groups excluding carboxylic acids is 1. The molecule has 0 bridgehead atoms. The summed E-state index contributed by atoms with van der Waals surface area (Å²) in [7, 11) is 0. The maximum atomic E-state index is 12.5. The molecule has 0 aliphatic rings. The van der Waals surface area contributed by atoms with E-state index in [9.17, 15) is 9.90 Å². The SMILES string of the molecule is CC(CC(O)c1ccccc1)NC(=O)C(C)(N)c1ccccc1.Cl. The number of hydrogen-bond donors (Lipinski definition) is 3. The highest BCUT2D eigenvalue weighted by Gasteiger charge is 2.31. The molecule has 4 N–H and O–H groups in total. The number of hydrogen-bond acceptors (Lipinski definition) is 3. The van der Waals surface area contributed by atoms with Crippen molar-refractivity contribution in [2.75, 3.05) is 0 Å². The van der Waals surface area contributed by atoms with Crippen LogP contribution in [0.25, 0.3) is 0 Å². The van der Waals surface area contributed by atoms with Crippen LogP contribution < -0.4 is 11.1 Å². The molecule has 5 heteroatoms. The summed E-state index contributed by atoms with van der Waals surface area (Å²) in [5.41, 5.74) is 6.69. The van der Waals surface area contributed by atoms with Crippen molar-refractivity contribution in [3.8, 4) is 0 Å². The number of halogens is 1. The van der Waals surface area contributed by atoms with Gasteiger partial charge in [-0.2, -0.15) is 0 Å². The van der Waals surface area contributed by atoms with Crippen LogP contribution in [0.5, 0.6) is 0 Å². The Kier molecular flexibility index (Phi) is 7.42. The van der Waals surface area contributed by atoms with E-state index in [4.69, 9.17) is 5.73 Å². The lowest BCUT2D eigenvalue weighted by atomic mass is 9.91. The van der Waals surface area contributed by atoms with Gasteiger partial charge in [0.1, 0.15) is 5.54 Å². The second-order valence-electron chi connectivity index (χ2n) is 6.11. The van der Waals surface area contributed by atoms with E-state index in [0.717, 1.165) is 11.1 Å². The fraction of sp³-hybridized carbons (Fsp3) is 0.316. The zero-order chi connectivity index (χ0) is 16.9. The van der Waals surface area contributed by atoms with Gasteiger partial charge in [0.05, 0.1) is 6.10 Å². The Morgan fingerprint density at radius 1 is 1.12 bits per heavy atom. The van der Waals surface area contributed by atoms with E-state index >= 15 is 0 Å². The second-order valence-corrected chi connectivity index (χ2v) is 6.11. The predicted octanol–water partition coefficient (Wildman–Crippen LogP) is 2.91. The van der Waals surface area contributed by atoms with Gasteiger partial charge in [0.2, 0.25) is 5.91 Å². The van der Waals surface area contributed by atoms with Crippen molar-refractivity contribution >= 4 is 18.3 Å². The molecule has 0 fully saturated rings. The average molecular weight is 349 g/mol. The van der Waals surface area contributed by atoms with Crippen molar-refractivity contribution in [1.29, 1.82) is 0 Å². The van der Waals surface area contributed by atoms with Crippen molar-refractivity contribution in [3.05, 3.63) is 71.8 Å². The van der Waals surface area contributed by atoms with Crippen molar-refractivity contribution in [2.45, 2.75) is 38.0 Å². The molecule has 2 aromatic rings. The van der Waals surface area contributed by atoms with Crippen LogP contribution in [0.2, 0.25) is 0 Å². The van der Waals surface area contributed by atoms with Crippen LogP contribution in [0.3, 0.4) is 0 Å². The summed E-state index contributed by atoms with van der Waals surface area (Å²) in [5.74, 6) is -0.253. The van der Waals surface area contributed by atoms with Crippen molar-refractivity contribution < 1.29 is 9.90 Å². The van der Waals surface area contributed by atoms with E-state index in [1.807, 2.05) is 67.6 Å². The van der Waals surface area contributed by atoms with Crippen LogP contribution in [0.4, 0.5) is 0 Å². The molecular formula is C19H25ClN2O2. The number of nitrogens with one attached hydrogen (secondary N) is 1. The highest BCUT2D eigenvalue weighted by molar-refractivity contribution is 5.87. The third-order valence-corrected chi connectivity index (χ3v) is 3.98. The molecule has 0 aliphatic heterocycles. The first-order chi connectivity index (χ1) is 10.9. The first-order valence-corrected chi connectivity index (χ1v) is 7.79. The number of carbonyl (C=O) groups is 1. The summed E-state index contributed by atoms with van der Waals surface area (Å²) >= 11 is 0.